The summed E-state index contributed by atoms with van der Waals surface area (Å²) in [7, 11) is 0. The number of amides is 2. The van der Waals surface area contributed by atoms with Gasteiger partial charge in [-0.1, -0.05) is 0 Å². The highest BCUT2D eigenvalue weighted by molar-refractivity contribution is 5.83. The van der Waals surface area contributed by atoms with Gasteiger partial charge >= 0.3 is 0 Å². The summed E-state index contributed by atoms with van der Waals surface area (Å²) in [5, 5.41) is 5.83. The van der Waals surface area contributed by atoms with E-state index in [1.807, 2.05) is 13.8 Å². The second-order valence-electron chi connectivity index (χ2n) is 5.85. The molecule has 2 saturated heterocycles. The molecule has 2 aliphatic rings. The molecule has 0 aromatic heterocycles. The van der Waals surface area contributed by atoms with Gasteiger partial charge in [0.05, 0.1) is 11.5 Å². The van der Waals surface area contributed by atoms with Gasteiger partial charge in [-0.15, -0.1) is 0 Å². The molecule has 0 saturated carbocycles. The molecule has 0 aromatic rings. The number of nitrogens with one attached hydrogen (secondary N) is 2. The van der Waals surface area contributed by atoms with E-state index >= 15 is 0 Å². The zero-order valence-electron chi connectivity index (χ0n) is 11.1. The van der Waals surface area contributed by atoms with Gasteiger partial charge in [0.15, 0.2) is 0 Å². The number of carbonyl (C=O) groups is 2. The van der Waals surface area contributed by atoms with Crippen LogP contribution >= 0.6 is 0 Å². The van der Waals surface area contributed by atoms with Crippen molar-refractivity contribution in [3.63, 3.8) is 0 Å². The Morgan fingerprint density at radius 2 is 2.22 bits per heavy atom. The topological polar surface area (TPSA) is 67.4 Å². The van der Waals surface area contributed by atoms with Gasteiger partial charge in [-0.2, -0.15) is 0 Å². The Bertz CT molecular complexity index is 331. The van der Waals surface area contributed by atoms with E-state index in [1.165, 1.54) is 0 Å². The molecule has 2 fully saturated rings. The van der Waals surface area contributed by atoms with Crippen molar-refractivity contribution in [2.45, 2.75) is 51.2 Å². The molecular formula is C13H22N2O3. The monoisotopic (exact) mass is 254 g/mol. The van der Waals surface area contributed by atoms with Gasteiger partial charge in [0.25, 0.3) is 0 Å². The van der Waals surface area contributed by atoms with Crippen LogP contribution < -0.4 is 10.6 Å². The summed E-state index contributed by atoms with van der Waals surface area (Å²) in [5.41, 5.74) is -0.156. The molecule has 2 rings (SSSR count). The Hall–Kier alpha value is -1.10. The van der Waals surface area contributed by atoms with E-state index in [0.717, 1.165) is 12.8 Å². The first kappa shape index (κ1) is 13.3. The molecule has 18 heavy (non-hydrogen) atoms. The van der Waals surface area contributed by atoms with Crippen molar-refractivity contribution in [1.29, 1.82) is 0 Å². The molecule has 2 N–H and O–H groups in total. The Balaban J connectivity index is 1.82. The Morgan fingerprint density at radius 1 is 1.44 bits per heavy atom. The predicted octanol–water partition coefficient (Wildman–Crippen LogP) is 0.586. The Labute approximate surface area is 108 Å². The average Bonchev–Trinajstić information content (AvgIpc) is 2.28. The van der Waals surface area contributed by atoms with Crippen molar-refractivity contribution < 1.29 is 14.3 Å². The molecule has 102 valence electrons. The van der Waals surface area contributed by atoms with E-state index in [9.17, 15) is 9.59 Å². The summed E-state index contributed by atoms with van der Waals surface area (Å²) >= 11 is 0. The maximum absolute atomic E-state index is 12.1. The predicted molar refractivity (Wildman–Crippen MR) is 66.9 cm³/mol. The first-order valence-corrected chi connectivity index (χ1v) is 6.67. The second kappa shape index (κ2) is 5.26. The third-order valence-corrected chi connectivity index (χ3v) is 3.68. The zero-order valence-corrected chi connectivity index (χ0v) is 11.1. The van der Waals surface area contributed by atoms with E-state index in [2.05, 4.69) is 10.6 Å². The standard InChI is InChI=1S/C13H22N2O3/c1-13(2)7-10(5-6-18-13)15-12(17)9-3-4-11(16)14-8-9/h9-10H,3-8H2,1-2H3,(H,14,16)(H,15,17). The molecule has 0 spiro atoms. The van der Waals surface area contributed by atoms with Crippen LogP contribution in [0.15, 0.2) is 0 Å². The SMILES string of the molecule is CC1(C)CC(NC(=O)C2CCC(=O)NC2)CCO1. The van der Waals surface area contributed by atoms with Gasteiger partial charge in [0.2, 0.25) is 11.8 Å². The molecule has 0 bridgehead atoms. The van der Waals surface area contributed by atoms with Crippen molar-refractivity contribution in [2.75, 3.05) is 13.2 Å². The number of rotatable bonds is 2. The largest absolute Gasteiger partial charge is 0.375 e. The van der Waals surface area contributed by atoms with Crippen LogP contribution in [0.25, 0.3) is 0 Å². The molecule has 0 aromatic carbocycles. The lowest BCUT2D eigenvalue weighted by Gasteiger charge is -2.36. The highest BCUT2D eigenvalue weighted by Crippen LogP contribution is 2.24. The van der Waals surface area contributed by atoms with Crippen molar-refractivity contribution in [3.8, 4) is 0 Å². The minimum absolute atomic E-state index is 0.0475. The van der Waals surface area contributed by atoms with E-state index < -0.39 is 0 Å². The van der Waals surface area contributed by atoms with Crippen LogP contribution in [-0.4, -0.2) is 36.6 Å². The molecule has 0 aliphatic carbocycles. The van der Waals surface area contributed by atoms with Crippen molar-refractivity contribution in [2.24, 2.45) is 5.92 Å². The third-order valence-electron chi connectivity index (χ3n) is 3.68. The highest BCUT2D eigenvalue weighted by Gasteiger charge is 2.32. The molecule has 5 heteroatoms. The summed E-state index contributed by atoms with van der Waals surface area (Å²) in [4.78, 5) is 23.1. The molecule has 2 unspecified atom stereocenters. The normalized spacial score (nSPS) is 31.6. The van der Waals surface area contributed by atoms with E-state index in [-0.39, 0.29) is 29.4 Å². The van der Waals surface area contributed by atoms with Crippen LogP contribution in [0, 0.1) is 5.92 Å². The van der Waals surface area contributed by atoms with Gasteiger partial charge in [-0.25, -0.2) is 0 Å². The van der Waals surface area contributed by atoms with Gasteiger partial charge in [0, 0.05) is 25.6 Å². The zero-order chi connectivity index (χ0) is 13.2. The van der Waals surface area contributed by atoms with Crippen LogP contribution in [0.5, 0.6) is 0 Å². The highest BCUT2D eigenvalue weighted by atomic mass is 16.5. The summed E-state index contributed by atoms with van der Waals surface area (Å²) < 4.78 is 5.63. The number of hydrogen-bond acceptors (Lipinski definition) is 3. The molecule has 5 nitrogen and oxygen atoms in total. The molecular weight excluding hydrogens is 232 g/mol. The molecule has 0 radical (unpaired) electrons. The Kier molecular flexibility index (Phi) is 3.90. The minimum Gasteiger partial charge on any atom is -0.375 e. The van der Waals surface area contributed by atoms with Crippen LogP contribution in [0.1, 0.15) is 39.5 Å². The lowest BCUT2D eigenvalue weighted by molar-refractivity contribution is -0.130. The average molecular weight is 254 g/mol. The summed E-state index contributed by atoms with van der Waals surface area (Å²) in [6, 6.07) is 0.193. The lowest BCUT2D eigenvalue weighted by atomic mass is 9.92. The first-order valence-electron chi connectivity index (χ1n) is 6.67. The lowest BCUT2D eigenvalue weighted by Crippen LogP contribution is -2.50. The maximum atomic E-state index is 12.1. The van der Waals surface area contributed by atoms with Crippen molar-refractivity contribution in [3.05, 3.63) is 0 Å². The minimum atomic E-state index is -0.156. The molecule has 2 amide bonds. The van der Waals surface area contributed by atoms with Crippen molar-refractivity contribution >= 4 is 11.8 Å². The van der Waals surface area contributed by atoms with Crippen LogP contribution in [0.4, 0.5) is 0 Å². The van der Waals surface area contributed by atoms with E-state index in [1.54, 1.807) is 0 Å². The van der Waals surface area contributed by atoms with Gasteiger partial charge in [0.1, 0.15) is 0 Å². The fourth-order valence-corrected chi connectivity index (χ4v) is 2.63. The summed E-state index contributed by atoms with van der Waals surface area (Å²) in [5.74, 6) is 0.0395. The van der Waals surface area contributed by atoms with Crippen LogP contribution in [-0.2, 0) is 14.3 Å². The van der Waals surface area contributed by atoms with E-state index in [0.29, 0.717) is 26.0 Å². The van der Waals surface area contributed by atoms with Crippen LogP contribution in [0.2, 0.25) is 0 Å². The van der Waals surface area contributed by atoms with Crippen molar-refractivity contribution in [1.82, 2.24) is 10.6 Å². The van der Waals surface area contributed by atoms with Gasteiger partial charge in [-0.05, 0) is 33.1 Å². The van der Waals surface area contributed by atoms with E-state index in [4.69, 9.17) is 4.74 Å². The third kappa shape index (κ3) is 3.45. The van der Waals surface area contributed by atoms with Gasteiger partial charge < -0.3 is 15.4 Å². The second-order valence-corrected chi connectivity index (χ2v) is 5.85. The fourth-order valence-electron chi connectivity index (χ4n) is 2.63. The summed E-state index contributed by atoms with van der Waals surface area (Å²) in [6.07, 6.45) is 2.83. The van der Waals surface area contributed by atoms with Gasteiger partial charge in [-0.3, -0.25) is 9.59 Å². The molecule has 2 heterocycles. The quantitative estimate of drug-likeness (QED) is 0.757. The number of carbonyl (C=O) groups excluding carboxylic acids is 2. The number of hydrogen-bond donors (Lipinski definition) is 2. The number of ether oxygens (including phenoxy) is 1. The molecule has 2 atom stereocenters. The molecule has 2 aliphatic heterocycles. The number of piperidine rings is 1. The smallest absolute Gasteiger partial charge is 0.225 e. The summed E-state index contributed by atoms with van der Waals surface area (Å²) in [6.45, 7) is 5.26. The van der Waals surface area contributed by atoms with Crippen LogP contribution in [0.3, 0.4) is 0 Å². The first-order chi connectivity index (χ1) is 8.46. The fraction of sp³-hybridized carbons (Fsp3) is 0.846. The maximum Gasteiger partial charge on any atom is 0.225 e. The Morgan fingerprint density at radius 3 is 2.83 bits per heavy atom.